The number of aliphatic hydroxyl groups excluding tert-OH is 4. The molecule has 0 radical (unpaired) electrons. The fourth-order valence-electron chi connectivity index (χ4n) is 6.19. The molecular formula is C45H78O10. The average Bonchev–Trinajstić information content (AvgIpc) is 3.18. The molecule has 10 nitrogen and oxygen atoms in total. The number of rotatable bonds is 35. The maximum atomic E-state index is 12.7. The van der Waals surface area contributed by atoms with Crippen molar-refractivity contribution >= 4 is 11.9 Å². The predicted molar refractivity (Wildman–Crippen MR) is 219 cm³/mol. The van der Waals surface area contributed by atoms with Gasteiger partial charge in [-0.25, -0.2) is 0 Å². The molecule has 318 valence electrons. The number of esters is 2. The Balaban J connectivity index is 2.38. The molecule has 0 aromatic carbocycles. The topological polar surface area (TPSA) is 152 Å². The summed E-state index contributed by atoms with van der Waals surface area (Å²) in [5.74, 6) is -0.842. The molecule has 0 spiro atoms. The van der Waals surface area contributed by atoms with Crippen LogP contribution in [0.25, 0.3) is 0 Å². The highest BCUT2D eigenvalue weighted by Gasteiger charge is 2.44. The number of hydrogen-bond acceptors (Lipinski definition) is 10. The van der Waals surface area contributed by atoms with Crippen molar-refractivity contribution in [3.8, 4) is 0 Å². The normalized spacial score (nSPS) is 21.0. The molecule has 0 aromatic rings. The molecule has 1 aliphatic rings. The molecule has 0 aliphatic carbocycles. The number of carbonyl (C=O) groups is 2. The van der Waals surface area contributed by atoms with Crippen LogP contribution in [0.3, 0.4) is 0 Å². The summed E-state index contributed by atoms with van der Waals surface area (Å²) >= 11 is 0. The zero-order valence-electron chi connectivity index (χ0n) is 34.4. The number of aliphatic hydroxyl groups is 4. The minimum Gasteiger partial charge on any atom is -0.462 e. The lowest BCUT2D eigenvalue weighted by Crippen LogP contribution is -2.59. The third-order valence-electron chi connectivity index (χ3n) is 9.69. The monoisotopic (exact) mass is 779 g/mol. The first kappa shape index (κ1) is 50.7. The van der Waals surface area contributed by atoms with Crippen molar-refractivity contribution in [3.05, 3.63) is 48.6 Å². The summed E-state index contributed by atoms with van der Waals surface area (Å²) in [6, 6.07) is 0. The van der Waals surface area contributed by atoms with Crippen molar-refractivity contribution in [2.75, 3.05) is 19.8 Å². The second-order valence-electron chi connectivity index (χ2n) is 14.8. The molecular weight excluding hydrogens is 700 g/mol. The quantitative estimate of drug-likeness (QED) is 0.0279. The van der Waals surface area contributed by atoms with E-state index in [4.69, 9.17) is 18.9 Å². The highest BCUT2D eigenvalue weighted by atomic mass is 16.7. The summed E-state index contributed by atoms with van der Waals surface area (Å²) in [4.78, 5) is 25.3. The first-order chi connectivity index (χ1) is 26.8. The molecule has 0 bridgehead atoms. The van der Waals surface area contributed by atoms with E-state index in [0.29, 0.717) is 12.8 Å². The lowest BCUT2D eigenvalue weighted by Gasteiger charge is -2.39. The molecule has 1 rings (SSSR count). The van der Waals surface area contributed by atoms with Gasteiger partial charge in [-0.2, -0.15) is 0 Å². The smallest absolute Gasteiger partial charge is 0.306 e. The van der Waals surface area contributed by atoms with Crippen molar-refractivity contribution in [1.82, 2.24) is 0 Å². The SMILES string of the molecule is CCCCC/C=C\C/C=C\CCCCCCCC(=O)OC[C@H](CO[C@@H]1O[C@H](CO)[C@H](O)[C@H](O)[C@H]1O)OC(=O)CCCCCCC/C=C\C/C=C\CCCCC. The van der Waals surface area contributed by atoms with Crippen LogP contribution in [-0.4, -0.2) is 89.0 Å². The van der Waals surface area contributed by atoms with Crippen LogP contribution in [0, 0.1) is 0 Å². The van der Waals surface area contributed by atoms with E-state index >= 15 is 0 Å². The van der Waals surface area contributed by atoms with Crippen LogP contribution in [0.2, 0.25) is 0 Å². The van der Waals surface area contributed by atoms with E-state index in [9.17, 15) is 30.0 Å². The van der Waals surface area contributed by atoms with Crippen LogP contribution in [0.1, 0.15) is 168 Å². The minimum atomic E-state index is -1.60. The van der Waals surface area contributed by atoms with Crippen LogP contribution in [-0.2, 0) is 28.5 Å². The van der Waals surface area contributed by atoms with Gasteiger partial charge in [-0.05, 0) is 77.0 Å². The number of ether oxygens (including phenoxy) is 4. The Morgan fingerprint density at radius 2 is 1.02 bits per heavy atom. The summed E-state index contributed by atoms with van der Waals surface area (Å²) in [7, 11) is 0. The molecule has 55 heavy (non-hydrogen) atoms. The van der Waals surface area contributed by atoms with Gasteiger partial charge in [0.25, 0.3) is 0 Å². The van der Waals surface area contributed by atoms with E-state index in [1.165, 1.54) is 44.9 Å². The first-order valence-electron chi connectivity index (χ1n) is 21.7. The fraction of sp³-hybridized carbons (Fsp3) is 0.778. The number of allylic oxidation sites excluding steroid dienone is 8. The number of hydrogen-bond donors (Lipinski definition) is 4. The van der Waals surface area contributed by atoms with Gasteiger partial charge in [0.2, 0.25) is 0 Å². The van der Waals surface area contributed by atoms with E-state index < -0.39 is 55.4 Å². The highest BCUT2D eigenvalue weighted by molar-refractivity contribution is 5.70. The summed E-state index contributed by atoms with van der Waals surface area (Å²) < 4.78 is 22.1. The maximum absolute atomic E-state index is 12.7. The van der Waals surface area contributed by atoms with E-state index in [0.717, 1.165) is 83.5 Å². The van der Waals surface area contributed by atoms with Gasteiger partial charge in [-0.15, -0.1) is 0 Å². The zero-order chi connectivity index (χ0) is 40.2. The van der Waals surface area contributed by atoms with Crippen molar-refractivity contribution < 1.29 is 49.0 Å². The molecule has 1 aliphatic heterocycles. The van der Waals surface area contributed by atoms with Crippen molar-refractivity contribution in [1.29, 1.82) is 0 Å². The van der Waals surface area contributed by atoms with Crippen LogP contribution >= 0.6 is 0 Å². The Morgan fingerprint density at radius 3 is 1.51 bits per heavy atom. The standard InChI is InChI=1S/C45H78O10/c1-3-5-7-9-11-13-15-17-19-21-23-25-27-29-31-33-40(47)52-36-38(37-53-45-44(51)43(50)42(49)39(35-46)55-45)54-41(48)34-32-30-28-26-24-22-20-18-16-14-12-10-8-6-4-2/h11-14,17-20,38-39,42-46,49-51H,3-10,15-16,21-37H2,1-2H3/b13-11-,14-12-,19-17-,20-18-/t38-,39-,42+,43+,44-,45-/m1/s1. The third kappa shape index (κ3) is 27.8. The largest absolute Gasteiger partial charge is 0.462 e. The molecule has 10 heteroatoms. The van der Waals surface area contributed by atoms with E-state index in [1.807, 2.05) is 0 Å². The molecule has 0 saturated carbocycles. The fourth-order valence-corrected chi connectivity index (χ4v) is 6.19. The highest BCUT2D eigenvalue weighted by Crippen LogP contribution is 2.22. The maximum Gasteiger partial charge on any atom is 0.306 e. The molecule has 1 saturated heterocycles. The Kier molecular flexibility index (Phi) is 33.2. The summed E-state index contributed by atoms with van der Waals surface area (Å²) in [6.07, 6.45) is 33.9. The average molecular weight is 779 g/mol. The predicted octanol–water partition coefficient (Wildman–Crippen LogP) is 8.88. The third-order valence-corrected chi connectivity index (χ3v) is 9.69. The molecule has 4 N–H and O–H groups in total. The van der Waals surface area contributed by atoms with E-state index in [2.05, 4.69) is 62.5 Å². The summed E-state index contributed by atoms with van der Waals surface area (Å²) in [6.45, 7) is 3.33. The first-order valence-corrected chi connectivity index (χ1v) is 21.7. The Labute approximate surface area is 333 Å². The van der Waals surface area contributed by atoms with Gasteiger partial charge in [0.05, 0.1) is 13.2 Å². The van der Waals surface area contributed by atoms with Gasteiger partial charge >= 0.3 is 11.9 Å². The molecule has 0 aromatic heterocycles. The van der Waals surface area contributed by atoms with Gasteiger partial charge in [-0.3, -0.25) is 9.59 Å². The molecule has 1 heterocycles. The van der Waals surface area contributed by atoms with Gasteiger partial charge in [-0.1, -0.05) is 127 Å². The van der Waals surface area contributed by atoms with Gasteiger partial charge in [0, 0.05) is 12.8 Å². The molecule has 0 unspecified atom stereocenters. The summed E-state index contributed by atoms with van der Waals surface area (Å²) in [5.41, 5.74) is 0. The summed E-state index contributed by atoms with van der Waals surface area (Å²) in [5, 5.41) is 40.0. The van der Waals surface area contributed by atoms with Gasteiger partial charge in [0.15, 0.2) is 12.4 Å². The van der Waals surface area contributed by atoms with E-state index in [1.54, 1.807) is 0 Å². The van der Waals surface area contributed by atoms with Crippen LogP contribution in [0.15, 0.2) is 48.6 Å². The zero-order valence-corrected chi connectivity index (χ0v) is 34.4. The second kappa shape index (κ2) is 36.0. The van der Waals surface area contributed by atoms with Gasteiger partial charge in [0.1, 0.15) is 31.0 Å². The van der Waals surface area contributed by atoms with Crippen LogP contribution < -0.4 is 0 Å². The Morgan fingerprint density at radius 1 is 0.564 bits per heavy atom. The number of unbranched alkanes of at least 4 members (excludes halogenated alkanes) is 16. The molecule has 1 fully saturated rings. The number of carbonyl (C=O) groups excluding carboxylic acids is 2. The lowest BCUT2D eigenvalue weighted by molar-refractivity contribution is -0.305. The minimum absolute atomic E-state index is 0.209. The van der Waals surface area contributed by atoms with Crippen LogP contribution in [0.5, 0.6) is 0 Å². The van der Waals surface area contributed by atoms with Crippen molar-refractivity contribution in [2.24, 2.45) is 0 Å². The van der Waals surface area contributed by atoms with Gasteiger partial charge < -0.3 is 39.4 Å². The second-order valence-corrected chi connectivity index (χ2v) is 14.8. The Bertz CT molecular complexity index is 1040. The van der Waals surface area contributed by atoms with E-state index in [-0.39, 0.29) is 26.1 Å². The lowest BCUT2D eigenvalue weighted by atomic mass is 9.99. The van der Waals surface area contributed by atoms with Crippen molar-refractivity contribution in [2.45, 2.75) is 205 Å². The Hall–Kier alpha value is -2.34. The van der Waals surface area contributed by atoms with Crippen LogP contribution in [0.4, 0.5) is 0 Å². The molecule has 6 atom stereocenters. The molecule has 0 amide bonds. The van der Waals surface area contributed by atoms with Crippen molar-refractivity contribution in [3.63, 3.8) is 0 Å².